The molecule has 6 heteroatoms. The molecule has 2 aromatic rings. The van der Waals surface area contributed by atoms with Crippen LogP contribution in [0.2, 0.25) is 0 Å². The maximum absolute atomic E-state index is 13.3. The summed E-state index contributed by atoms with van der Waals surface area (Å²) < 4.78 is 1.17. The number of aryl methyl sites for hydroxylation is 1. The van der Waals surface area contributed by atoms with Crippen molar-refractivity contribution in [2.45, 2.75) is 13.3 Å². The number of nitrogens with zero attached hydrogens (tertiary/aromatic N) is 4. The second-order valence-corrected chi connectivity index (χ2v) is 9.44. The van der Waals surface area contributed by atoms with Crippen LogP contribution in [0.5, 0.6) is 0 Å². The van der Waals surface area contributed by atoms with E-state index in [9.17, 15) is 4.79 Å². The molecule has 0 unspecified atom stereocenters. The van der Waals surface area contributed by atoms with E-state index in [1.165, 1.54) is 4.70 Å². The van der Waals surface area contributed by atoms with Crippen LogP contribution in [0, 0.1) is 6.92 Å². The quantitative estimate of drug-likeness (QED) is 0.711. The van der Waals surface area contributed by atoms with Crippen LogP contribution in [-0.2, 0) is 4.79 Å². The number of rotatable bonds is 2. The summed E-state index contributed by atoms with van der Waals surface area (Å²) in [6, 6.07) is 6.23. The highest BCUT2D eigenvalue weighted by atomic mass is 32.1. The predicted molar refractivity (Wildman–Crippen MR) is 127 cm³/mol. The lowest BCUT2D eigenvalue weighted by Gasteiger charge is -2.30. The Bertz CT molecular complexity index is 1180. The number of carbonyl (C=O) groups is 1. The summed E-state index contributed by atoms with van der Waals surface area (Å²) in [5.41, 5.74) is 4.87. The molecule has 3 aliphatic rings. The van der Waals surface area contributed by atoms with Gasteiger partial charge in [0.2, 0.25) is 0 Å². The minimum atomic E-state index is -0.0334. The number of likely N-dealkylation sites (N-methyl/N-ethyl adjacent to an activating group) is 1. The van der Waals surface area contributed by atoms with Crippen molar-refractivity contribution >= 4 is 33.0 Å². The van der Waals surface area contributed by atoms with Crippen LogP contribution in [0.25, 0.3) is 15.8 Å². The van der Waals surface area contributed by atoms with Crippen LogP contribution in [-0.4, -0.2) is 58.8 Å². The van der Waals surface area contributed by atoms with Gasteiger partial charge in [-0.15, -0.1) is 11.3 Å². The first-order valence-electron chi connectivity index (χ1n) is 10.7. The summed E-state index contributed by atoms with van der Waals surface area (Å²) in [7, 11) is 2.17. The third-order valence-corrected chi connectivity index (χ3v) is 6.89. The highest BCUT2D eigenvalue weighted by Crippen LogP contribution is 2.28. The lowest BCUT2D eigenvalue weighted by atomic mass is 10.0. The highest BCUT2D eigenvalue weighted by molar-refractivity contribution is 7.18. The lowest BCUT2D eigenvalue weighted by Crippen LogP contribution is -2.32. The Kier molecular flexibility index (Phi) is 5.34. The molecule has 1 aromatic carbocycles. The summed E-state index contributed by atoms with van der Waals surface area (Å²) in [5.74, 6) is -0.0334. The van der Waals surface area contributed by atoms with Crippen molar-refractivity contribution in [3.05, 3.63) is 82.8 Å². The van der Waals surface area contributed by atoms with Crippen LogP contribution >= 0.6 is 11.3 Å². The first kappa shape index (κ1) is 20.0. The average Bonchev–Trinajstić information content (AvgIpc) is 2.99. The molecule has 1 amide bonds. The molecule has 0 saturated carbocycles. The van der Waals surface area contributed by atoms with Crippen LogP contribution in [0.3, 0.4) is 0 Å². The Morgan fingerprint density at radius 2 is 1.90 bits per heavy atom. The molecular formula is C25H26N4OS. The fraction of sp³-hybridized carbons (Fsp3) is 0.280. The number of thiazole rings is 1. The maximum atomic E-state index is 13.3. The van der Waals surface area contributed by atoms with Gasteiger partial charge in [-0.25, -0.2) is 4.98 Å². The van der Waals surface area contributed by atoms with Gasteiger partial charge >= 0.3 is 0 Å². The van der Waals surface area contributed by atoms with Gasteiger partial charge in [0.1, 0.15) is 0 Å². The molecule has 5 nitrogen and oxygen atoms in total. The van der Waals surface area contributed by atoms with E-state index in [1.807, 2.05) is 37.4 Å². The molecule has 0 bridgehead atoms. The normalized spacial score (nSPS) is 21.7. The van der Waals surface area contributed by atoms with E-state index in [2.05, 4.69) is 46.1 Å². The zero-order valence-electron chi connectivity index (χ0n) is 17.9. The molecule has 4 heterocycles. The van der Waals surface area contributed by atoms with Crippen molar-refractivity contribution in [3.63, 3.8) is 0 Å². The molecule has 1 fully saturated rings. The molecule has 0 spiro atoms. The van der Waals surface area contributed by atoms with Gasteiger partial charge in [0, 0.05) is 37.6 Å². The third kappa shape index (κ3) is 4.13. The number of carbonyl (C=O) groups excluding carboxylic acids is 1. The van der Waals surface area contributed by atoms with E-state index in [0.717, 1.165) is 65.7 Å². The SMILES string of the molecule is Cc1nc2cc(C3=CC(=O)N4C=C(N5CCCN(C)CC5)C=C/C4=C\C=C3)ccc2s1. The van der Waals surface area contributed by atoms with Gasteiger partial charge in [-0.3, -0.25) is 9.69 Å². The summed E-state index contributed by atoms with van der Waals surface area (Å²) in [4.78, 5) is 24.4. The molecular weight excluding hydrogens is 404 g/mol. The second-order valence-electron chi connectivity index (χ2n) is 8.21. The molecule has 0 radical (unpaired) electrons. The lowest BCUT2D eigenvalue weighted by molar-refractivity contribution is -0.122. The van der Waals surface area contributed by atoms with Gasteiger partial charge in [0.15, 0.2) is 0 Å². The first-order chi connectivity index (χ1) is 15.1. The average molecular weight is 431 g/mol. The number of amides is 1. The zero-order valence-corrected chi connectivity index (χ0v) is 18.7. The monoisotopic (exact) mass is 430 g/mol. The minimum Gasteiger partial charge on any atom is -0.369 e. The number of aromatic nitrogens is 1. The van der Waals surface area contributed by atoms with E-state index < -0.39 is 0 Å². The number of hydrogen-bond donors (Lipinski definition) is 0. The van der Waals surface area contributed by atoms with Crippen molar-refractivity contribution in [1.82, 2.24) is 19.7 Å². The van der Waals surface area contributed by atoms with Crippen molar-refractivity contribution in [1.29, 1.82) is 0 Å². The summed E-state index contributed by atoms with van der Waals surface area (Å²) >= 11 is 1.69. The van der Waals surface area contributed by atoms with Crippen molar-refractivity contribution in [3.8, 4) is 0 Å². The van der Waals surface area contributed by atoms with Crippen molar-refractivity contribution < 1.29 is 4.79 Å². The number of fused-ring (bicyclic) bond motifs is 2. The largest absolute Gasteiger partial charge is 0.369 e. The van der Waals surface area contributed by atoms with Crippen LogP contribution in [0.15, 0.2) is 72.2 Å². The van der Waals surface area contributed by atoms with E-state index in [1.54, 1.807) is 22.3 Å². The van der Waals surface area contributed by atoms with Gasteiger partial charge < -0.3 is 9.80 Å². The number of hydrogen-bond acceptors (Lipinski definition) is 5. The van der Waals surface area contributed by atoms with E-state index in [-0.39, 0.29) is 5.91 Å². The Morgan fingerprint density at radius 3 is 2.81 bits per heavy atom. The fourth-order valence-electron chi connectivity index (χ4n) is 4.22. The molecule has 1 aromatic heterocycles. The van der Waals surface area contributed by atoms with E-state index in [0.29, 0.717) is 0 Å². The second kappa shape index (κ2) is 8.29. The van der Waals surface area contributed by atoms with Crippen LogP contribution in [0.4, 0.5) is 0 Å². The molecule has 31 heavy (non-hydrogen) atoms. The molecule has 158 valence electrons. The van der Waals surface area contributed by atoms with Crippen molar-refractivity contribution in [2.24, 2.45) is 0 Å². The Balaban J connectivity index is 1.45. The summed E-state index contributed by atoms with van der Waals surface area (Å²) in [5, 5.41) is 1.05. The smallest absolute Gasteiger partial charge is 0.255 e. The highest BCUT2D eigenvalue weighted by Gasteiger charge is 2.22. The van der Waals surface area contributed by atoms with Gasteiger partial charge in [-0.1, -0.05) is 18.2 Å². The standard InChI is InChI=1S/C25H26N4OS/c1-18-26-23-15-20(7-10-24(23)31-18)19-5-3-6-21-8-9-22(17-29(21)25(30)16-19)28-12-4-11-27(2)13-14-28/h3,5-10,15-17H,4,11-14H2,1-2H3/b5-3?,19-16?,21-6+. The van der Waals surface area contributed by atoms with Gasteiger partial charge in [-0.2, -0.15) is 0 Å². The van der Waals surface area contributed by atoms with Gasteiger partial charge in [0.05, 0.1) is 20.9 Å². The molecule has 1 saturated heterocycles. The topological polar surface area (TPSA) is 39.7 Å². The van der Waals surface area contributed by atoms with E-state index >= 15 is 0 Å². The maximum Gasteiger partial charge on any atom is 0.255 e. The first-order valence-corrected chi connectivity index (χ1v) is 11.5. The third-order valence-electron chi connectivity index (χ3n) is 5.94. The fourth-order valence-corrected chi connectivity index (χ4v) is 5.03. The van der Waals surface area contributed by atoms with E-state index in [4.69, 9.17) is 0 Å². The Hall–Kier alpha value is -2.96. The van der Waals surface area contributed by atoms with Crippen molar-refractivity contribution in [2.75, 3.05) is 33.2 Å². The zero-order chi connectivity index (χ0) is 21.4. The van der Waals surface area contributed by atoms with Crippen LogP contribution < -0.4 is 0 Å². The summed E-state index contributed by atoms with van der Waals surface area (Å²) in [6.07, 6.45) is 15.0. The minimum absolute atomic E-state index is 0.0334. The molecule has 0 aliphatic carbocycles. The number of allylic oxidation sites excluding steroid dienone is 6. The molecule has 5 rings (SSSR count). The van der Waals surface area contributed by atoms with Crippen LogP contribution in [0.1, 0.15) is 17.0 Å². The Labute approximate surface area is 187 Å². The Morgan fingerprint density at radius 1 is 1.03 bits per heavy atom. The predicted octanol–water partition coefficient (Wildman–Crippen LogP) is 4.32. The summed E-state index contributed by atoms with van der Waals surface area (Å²) in [6.45, 7) is 6.15. The van der Waals surface area contributed by atoms with Gasteiger partial charge in [0.25, 0.3) is 5.91 Å². The molecule has 0 atom stereocenters. The number of benzene rings is 1. The van der Waals surface area contributed by atoms with Gasteiger partial charge in [-0.05, 0) is 68.4 Å². The molecule has 3 aliphatic heterocycles. The molecule has 0 N–H and O–H groups in total.